The topological polar surface area (TPSA) is 83.3 Å². The molecule has 0 radical (unpaired) electrons. The van der Waals surface area contributed by atoms with Crippen molar-refractivity contribution < 1.29 is 40.7 Å². The fourth-order valence-corrected chi connectivity index (χ4v) is 6.07. The van der Waals surface area contributed by atoms with Crippen LogP contribution in [0.25, 0.3) is 0 Å². The molecule has 1 aliphatic heterocycles. The van der Waals surface area contributed by atoms with Crippen LogP contribution in [-0.2, 0) is 11.0 Å². The van der Waals surface area contributed by atoms with E-state index >= 15 is 0 Å². The fourth-order valence-electron chi connectivity index (χ4n) is 6.07. The van der Waals surface area contributed by atoms with Crippen molar-refractivity contribution in [1.82, 2.24) is 15.6 Å². The first-order valence-electron chi connectivity index (χ1n) is 12.9. The Morgan fingerprint density at radius 3 is 2.52 bits per heavy atom. The van der Waals surface area contributed by atoms with Gasteiger partial charge in [0.15, 0.2) is 5.60 Å². The van der Waals surface area contributed by atoms with Crippen molar-refractivity contribution in [3.63, 3.8) is 0 Å². The Morgan fingerprint density at radius 1 is 1.18 bits per heavy atom. The molecule has 4 atom stereocenters. The number of amides is 2. The number of aromatic nitrogens is 1. The van der Waals surface area contributed by atoms with Crippen LogP contribution in [0.15, 0.2) is 36.5 Å². The van der Waals surface area contributed by atoms with Gasteiger partial charge in [-0.05, 0) is 75.8 Å². The normalized spacial score (nSPS) is 25.4. The van der Waals surface area contributed by atoms with Crippen LogP contribution in [0.4, 0.5) is 32.2 Å². The van der Waals surface area contributed by atoms with E-state index in [2.05, 4.69) is 20.5 Å². The highest BCUT2D eigenvalue weighted by molar-refractivity contribution is 5.94. The summed E-state index contributed by atoms with van der Waals surface area (Å²) in [4.78, 5) is 31.7. The zero-order valence-corrected chi connectivity index (χ0v) is 21.7. The maximum Gasteiger partial charge on any atom is 0.420 e. The average molecular weight is 571 g/mol. The summed E-state index contributed by atoms with van der Waals surface area (Å²) in [6.45, 7) is 1.96. The second-order valence-corrected chi connectivity index (χ2v) is 11.0. The van der Waals surface area contributed by atoms with E-state index in [0.29, 0.717) is 24.7 Å². The molecule has 3 fully saturated rings. The van der Waals surface area contributed by atoms with E-state index in [1.165, 1.54) is 26.1 Å². The predicted molar refractivity (Wildman–Crippen MR) is 132 cm³/mol. The van der Waals surface area contributed by atoms with Crippen molar-refractivity contribution in [2.45, 2.75) is 75.4 Å². The zero-order chi connectivity index (χ0) is 29.0. The molecule has 0 bridgehead atoms. The second kappa shape index (κ2) is 9.84. The number of anilines is 1. The van der Waals surface area contributed by atoms with Gasteiger partial charge in [-0.25, -0.2) is 18.2 Å². The third-order valence-electron chi connectivity index (χ3n) is 8.11. The highest BCUT2D eigenvalue weighted by Crippen LogP contribution is 2.65. The number of hydrogen-bond acceptors (Lipinski definition) is 5. The highest BCUT2D eigenvalue weighted by atomic mass is 19.4. The summed E-state index contributed by atoms with van der Waals surface area (Å²) in [5.41, 5.74) is -2.89. The van der Waals surface area contributed by atoms with Gasteiger partial charge < -0.3 is 20.3 Å². The first-order chi connectivity index (χ1) is 18.7. The largest absolute Gasteiger partial charge is 0.477 e. The Bertz CT molecular complexity index is 1300. The van der Waals surface area contributed by atoms with Crippen LogP contribution >= 0.6 is 0 Å². The number of nitrogens with zero attached hydrogens (tertiary/aromatic N) is 2. The summed E-state index contributed by atoms with van der Waals surface area (Å²) in [6.07, 6.45) is -3.03. The minimum Gasteiger partial charge on any atom is -0.477 e. The third kappa shape index (κ3) is 5.05. The van der Waals surface area contributed by atoms with E-state index < -0.39 is 53.7 Å². The monoisotopic (exact) mass is 570 g/mol. The van der Waals surface area contributed by atoms with Gasteiger partial charge >= 0.3 is 6.18 Å². The lowest BCUT2D eigenvalue weighted by Gasteiger charge is -2.43. The smallest absolute Gasteiger partial charge is 0.420 e. The van der Waals surface area contributed by atoms with Crippen molar-refractivity contribution in [1.29, 1.82) is 0 Å². The molecule has 2 amide bonds. The lowest BCUT2D eigenvalue weighted by atomic mass is 9.63. The standard InChI is InChI=1S/C27H28F6N4O3/c1-25(2,40-19-5-4-16(28)10-18(19)27(31,32)33)24(39)36-17-9-15-7-8-26(15)20(11-17)37(26)22-6-3-14(12-34-22)23(38)35-13-21(29)30/h3-6,10,12,15,17,20-21H,7-9,11,13H2,1-2H3,(H,35,38)(H,36,39). The maximum atomic E-state index is 13.5. The molecule has 216 valence electrons. The third-order valence-corrected chi connectivity index (χ3v) is 8.11. The highest BCUT2D eigenvalue weighted by Gasteiger charge is 2.73. The lowest BCUT2D eigenvalue weighted by Crippen LogP contribution is -2.54. The van der Waals surface area contributed by atoms with E-state index in [4.69, 9.17) is 4.74 Å². The number of rotatable bonds is 8. The molecule has 2 heterocycles. The zero-order valence-electron chi connectivity index (χ0n) is 21.7. The number of benzene rings is 1. The molecule has 2 aromatic rings. The van der Waals surface area contributed by atoms with Crippen LogP contribution in [0.3, 0.4) is 0 Å². The predicted octanol–water partition coefficient (Wildman–Crippen LogP) is 4.71. The molecule has 2 saturated carbocycles. The molecule has 3 aliphatic rings. The summed E-state index contributed by atoms with van der Waals surface area (Å²) >= 11 is 0. The maximum absolute atomic E-state index is 13.5. The van der Waals surface area contributed by atoms with Gasteiger partial charge in [0.1, 0.15) is 22.9 Å². The molecule has 1 aromatic carbocycles. The SMILES string of the molecule is CC(C)(Oc1ccc(F)cc1C(F)(F)F)C(=O)NC1CC2CCC23C(C1)N3c1ccc(C(=O)NCC(F)F)cn1. The average Bonchev–Trinajstić information content (AvgIpc) is 3.56. The Morgan fingerprint density at radius 2 is 1.93 bits per heavy atom. The molecule has 1 saturated heterocycles. The molecule has 2 N–H and O–H groups in total. The quantitative estimate of drug-likeness (QED) is 0.355. The Labute approximate surface area is 226 Å². The van der Waals surface area contributed by atoms with Crippen molar-refractivity contribution in [3.05, 3.63) is 53.5 Å². The van der Waals surface area contributed by atoms with E-state index in [-0.39, 0.29) is 29.1 Å². The minimum absolute atomic E-state index is 0.0780. The van der Waals surface area contributed by atoms with Crippen molar-refractivity contribution in [3.8, 4) is 5.75 Å². The van der Waals surface area contributed by atoms with Crippen molar-refractivity contribution in [2.75, 3.05) is 11.4 Å². The van der Waals surface area contributed by atoms with Crippen molar-refractivity contribution in [2.24, 2.45) is 5.92 Å². The molecular formula is C27H28F6N4O3. The number of carbonyl (C=O) groups excluding carboxylic acids is 2. The van der Waals surface area contributed by atoms with Gasteiger partial charge in [0.2, 0.25) is 0 Å². The summed E-state index contributed by atoms with van der Waals surface area (Å²) in [6, 6.07) is 5.06. The number of ether oxygens (including phenoxy) is 1. The number of nitrogens with one attached hydrogen (secondary N) is 2. The Balaban J connectivity index is 1.23. The first-order valence-corrected chi connectivity index (χ1v) is 12.9. The van der Waals surface area contributed by atoms with Gasteiger partial charge in [-0.2, -0.15) is 13.2 Å². The molecule has 1 spiro atoms. The molecule has 13 heteroatoms. The summed E-state index contributed by atoms with van der Waals surface area (Å²) in [7, 11) is 0. The number of carbonyl (C=O) groups is 2. The molecule has 5 rings (SSSR count). The summed E-state index contributed by atoms with van der Waals surface area (Å²) in [5, 5.41) is 5.06. The number of hydrogen-bond donors (Lipinski definition) is 2. The van der Waals surface area contributed by atoms with Gasteiger partial charge in [0.25, 0.3) is 18.2 Å². The van der Waals surface area contributed by atoms with E-state index in [1.54, 1.807) is 6.07 Å². The van der Waals surface area contributed by atoms with Crippen LogP contribution < -0.4 is 20.3 Å². The van der Waals surface area contributed by atoms with Crippen molar-refractivity contribution >= 4 is 17.6 Å². The van der Waals surface area contributed by atoms with Crippen LogP contribution in [0, 0.1) is 11.7 Å². The number of pyridine rings is 1. The molecule has 40 heavy (non-hydrogen) atoms. The molecule has 7 nitrogen and oxygen atoms in total. The second-order valence-electron chi connectivity index (χ2n) is 11.0. The molecule has 4 unspecified atom stereocenters. The molecular weight excluding hydrogens is 542 g/mol. The number of alkyl halides is 5. The van der Waals surface area contributed by atoms with Gasteiger partial charge in [-0.1, -0.05) is 0 Å². The van der Waals surface area contributed by atoms with E-state index in [9.17, 15) is 35.9 Å². The van der Waals surface area contributed by atoms with Gasteiger partial charge in [0, 0.05) is 12.2 Å². The summed E-state index contributed by atoms with van der Waals surface area (Å²) < 4.78 is 83.9. The summed E-state index contributed by atoms with van der Waals surface area (Å²) in [5.74, 6) is -2.02. The molecule has 2 aliphatic carbocycles. The van der Waals surface area contributed by atoms with Crippen LogP contribution in [0.1, 0.15) is 55.5 Å². The first kappa shape index (κ1) is 28.0. The molecule has 1 aromatic heterocycles. The Hall–Kier alpha value is -3.51. The van der Waals surface area contributed by atoms with E-state index in [1.807, 2.05) is 0 Å². The fraction of sp³-hybridized carbons (Fsp3) is 0.519. The van der Waals surface area contributed by atoms with Gasteiger partial charge in [0.05, 0.1) is 23.7 Å². The lowest BCUT2D eigenvalue weighted by molar-refractivity contribution is -0.144. The minimum atomic E-state index is -4.86. The van der Waals surface area contributed by atoms with Crippen LogP contribution in [0.2, 0.25) is 0 Å². The van der Waals surface area contributed by atoms with E-state index in [0.717, 1.165) is 25.0 Å². The van der Waals surface area contributed by atoms with Gasteiger partial charge in [-0.3, -0.25) is 9.59 Å². The van der Waals surface area contributed by atoms with Gasteiger partial charge in [-0.15, -0.1) is 0 Å². The van der Waals surface area contributed by atoms with Crippen LogP contribution in [0.5, 0.6) is 5.75 Å². The Kier molecular flexibility index (Phi) is 6.90. The van der Waals surface area contributed by atoms with Crippen LogP contribution in [-0.4, -0.2) is 53.0 Å². The number of halogens is 6.